The van der Waals surface area contributed by atoms with Crippen LogP contribution in [0.5, 0.6) is 5.75 Å². The lowest BCUT2D eigenvalue weighted by Gasteiger charge is -2.34. The summed E-state index contributed by atoms with van der Waals surface area (Å²) in [7, 11) is 0. The monoisotopic (exact) mass is 326 g/mol. The van der Waals surface area contributed by atoms with E-state index in [2.05, 4.69) is 0 Å². The molecule has 0 spiro atoms. The molecule has 1 amide bonds. The number of nitrogens with two attached hydrogens (primary N) is 1. The standard InChI is InChI=1S/C17H26N2O2.ClH/c1-14(18)15-7-5-11-19(13-15)17(20)10-6-12-21-16-8-3-2-4-9-16;/h2-4,8-9,14-15H,5-7,10-13,18H2,1H3;1H. The van der Waals surface area contributed by atoms with E-state index in [9.17, 15) is 4.79 Å². The Bertz CT molecular complexity index is 440. The van der Waals surface area contributed by atoms with Gasteiger partial charge in [-0.15, -0.1) is 12.4 Å². The van der Waals surface area contributed by atoms with Gasteiger partial charge in [0.25, 0.3) is 0 Å². The molecule has 1 aromatic rings. The maximum absolute atomic E-state index is 12.2. The van der Waals surface area contributed by atoms with E-state index >= 15 is 0 Å². The lowest BCUT2D eigenvalue weighted by Crippen LogP contribution is -2.45. The van der Waals surface area contributed by atoms with Gasteiger partial charge in [0.15, 0.2) is 0 Å². The number of hydrogen-bond donors (Lipinski definition) is 1. The molecule has 1 aromatic carbocycles. The number of hydrogen-bond acceptors (Lipinski definition) is 3. The van der Waals surface area contributed by atoms with E-state index in [-0.39, 0.29) is 24.4 Å². The summed E-state index contributed by atoms with van der Waals surface area (Å²) in [6.45, 7) is 4.31. The molecular weight excluding hydrogens is 300 g/mol. The second-order valence-corrected chi connectivity index (χ2v) is 5.87. The van der Waals surface area contributed by atoms with Gasteiger partial charge in [-0.3, -0.25) is 4.79 Å². The Balaban J connectivity index is 0.00000242. The zero-order valence-electron chi connectivity index (χ0n) is 13.2. The minimum absolute atomic E-state index is 0. The Morgan fingerprint density at radius 1 is 1.41 bits per heavy atom. The van der Waals surface area contributed by atoms with E-state index in [4.69, 9.17) is 10.5 Å². The molecular formula is C17H27ClN2O2. The number of likely N-dealkylation sites (tertiary alicyclic amines) is 1. The SMILES string of the molecule is CC(N)C1CCCN(C(=O)CCCOc2ccccc2)C1.Cl. The molecule has 0 saturated carbocycles. The van der Waals surface area contributed by atoms with Gasteiger partial charge in [0.05, 0.1) is 6.61 Å². The van der Waals surface area contributed by atoms with Crippen LogP contribution in [-0.4, -0.2) is 36.5 Å². The molecule has 2 atom stereocenters. The third kappa shape index (κ3) is 5.85. The van der Waals surface area contributed by atoms with Crippen LogP contribution >= 0.6 is 12.4 Å². The molecule has 2 unspecified atom stereocenters. The molecule has 1 aliphatic heterocycles. The van der Waals surface area contributed by atoms with Crippen molar-refractivity contribution in [3.05, 3.63) is 30.3 Å². The second-order valence-electron chi connectivity index (χ2n) is 5.87. The Hall–Kier alpha value is -1.26. The van der Waals surface area contributed by atoms with Crippen molar-refractivity contribution < 1.29 is 9.53 Å². The zero-order chi connectivity index (χ0) is 15.1. The first-order chi connectivity index (χ1) is 10.2. The molecule has 0 bridgehead atoms. The number of carbonyl (C=O) groups excluding carboxylic acids is 1. The summed E-state index contributed by atoms with van der Waals surface area (Å²) < 4.78 is 5.61. The highest BCUT2D eigenvalue weighted by atomic mass is 35.5. The van der Waals surface area contributed by atoms with Gasteiger partial charge in [0.2, 0.25) is 5.91 Å². The van der Waals surface area contributed by atoms with Crippen LogP contribution in [-0.2, 0) is 4.79 Å². The van der Waals surface area contributed by atoms with Gasteiger partial charge in [0.1, 0.15) is 5.75 Å². The molecule has 1 aliphatic rings. The Morgan fingerprint density at radius 2 is 2.14 bits per heavy atom. The lowest BCUT2D eigenvalue weighted by molar-refractivity contribution is -0.133. The van der Waals surface area contributed by atoms with Gasteiger partial charge in [-0.2, -0.15) is 0 Å². The minimum Gasteiger partial charge on any atom is -0.494 e. The fourth-order valence-corrected chi connectivity index (χ4v) is 2.75. The van der Waals surface area contributed by atoms with Crippen molar-refractivity contribution >= 4 is 18.3 Å². The molecule has 2 rings (SSSR count). The maximum atomic E-state index is 12.2. The fourth-order valence-electron chi connectivity index (χ4n) is 2.75. The third-order valence-electron chi connectivity index (χ3n) is 4.10. The second kappa shape index (κ2) is 9.70. The summed E-state index contributed by atoms with van der Waals surface area (Å²) >= 11 is 0. The largest absolute Gasteiger partial charge is 0.494 e. The van der Waals surface area contributed by atoms with Crippen molar-refractivity contribution in [2.45, 2.75) is 38.6 Å². The predicted octanol–water partition coefficient (Wildman–Crippen LogP) is 2.85. The van der Waals surface area contributed by atoms with Gasteiger partial charge in [-0.25, -0.2) is 0 Å². The van der Waals surface area contributed by atoms with Crippen molar-refractivity contribution in [2.75, 3.05) is 19.7 Å². The first kappa shape index (κ1) is 18.8. The van der Waals surface area contributed by atoms with E-state index < -0.39 is 0 Å². The van der Waals surface area contributed by atoms with Crippen LogP contribution in [0.4, 0.5) is 0 Å². The minimum atomic E-state index is 0. The van der Waals surface area contributed by atoms with Crippen LogP contribution in [0.2, 0.25) is 0 Å². The lowest BCUT2D eigenvalue weighted by atomic mass is 9.92. The van der Waals surface area contributed by atoms with Gasteiger partial charge < -0.3 is 15.4 Å². The number of carbonyl (C=O) groups is 1. The average molecular weight is 327 g/mol. The number of amides is 1. The van der Waals surface area contributed by atoms with Crippen molar-refractivity contribution in [1.82, 2.24) is 4.90 Å². The van der Waals surface area contributed by atoms with Crippen molar-refractivity contribution in [2.24, 2.45) is 11.7 Å². The molecule has 4 nitrogen and oxygen atoms in total. The summed E-state index contributed by atoms with van der Waals surface area (Å²) in [4.78, 5) is 14.2. The van der Waals surface area contributed by atoms with Crippen molar-refractivity contribution in [3.63, 3.8) is 0 Å². The van der Waals surface area contributed by atoms with E-state index in [0.29, 0.717) is 18.9 Å². The van der Waals surface area contributed by atoms with Crippen molar-refractivity contribution in [1.29, 1.82) is 0 Å². The molecule has 1 heterocycles. The molecule has 1 saturated heterocycles. The fraction of sp³-hybridized carbons (Fsp3) is 0.588. The van der Waals surface area contributed by atoms with Crippen LogP contribution in [0.3, 0.4) is 0 Å². The highest BCUT2D eigenvalue weighted by Crippen LogP contribution is 2.19. The molecule has 22 heavy (non-hydrogen) atoms. The number of halogens is 1. The summed E-state index contributed by atoms with van der Waals surface area (Å²) in [5, 5.41) is 0. The predicted molar refractivity (Wildman–Crippen MR) is 91.4 cm³/mol. The maximum Gasteiger partial charge on any atom is 0.222 e. The van der Waals surface area contributed by atoms with Gasteiger partial charge in [-0.1, -0.05) is 18.2 Å². The van der Waals surface area contributed by atoms with E-state index in [1.54, 1.807) is 0 Å². The molecule has 0 radical (unpaired) electrons. The van der Waals surface area contributed by atoms with Crippen LogP contribution in [0.15, 0.2) is 30.3 Å². The molecule has 1 fully saturated rings. The number of ether oxygens (including phenoxy) is 1. The molecule has 0 aromatic heterocycles. The van der Waals surface area contributed by atoms with E-state index in [1.807, 2.05) is 42.2 Å². The Labute approximate surface area is 139 Å². The van der Waals surface area contributed by atoms with E-state index in [1.165, 1.54) is 0 Å². The first-order valence-corrected chi connectivity index (χ1v) is 7.88. The normalized spacial score (nSPS) is 19.2. The summed E-state index contributed by atoms with van der Waals surface area (Å²) in [5.41, 5.74) is 5.96. The number of piperidine rings is 1. The summed E-state index contributed by atoms with van der Waals surface area (Å²) in [6.07, 6.45) is 3.52. The van der Waals surface area contributed by atoms with Crippen molar-refractivity contribution in [3.8, 4) is 5.75 Å². The van der Waals surface area contributed by atoms with Crippen LogP contribution in [0.1, 0.15) is 32.6 Å². The zero-order valence-corrected chi connectivity index (χ0v) is 14.1. The molecule has 2 N–H and O–H groups in total. The quantitative estimate of drug-likeness (QED) is 0.818. The Kier molecular flexibility index (Phi) is 8.28. The number of nitrogens with zero attached hydrogens (tertiary/aromatic N) is 1. The smallest absolute Gasteiger partial charge is 0.222 e. The number of benzene rings is 1. The van der Waals surface area contributed by atoms with Crippen LogP contribution in [0.25, 0.3) is 0 Å². The number of rotatable bonds is 6. The Morgan fingerprint density at radius 3 is 2.82 bits per heavy atom. The van der Waals surface area contributed by atoms with E-state index in [0.717, 1.165) is 38.1 Å². The molecule has 5 heteroatoms. The molecule has 0 aliphatic carbocycles. The highest BCUT2D eigenvalue weighted by Gasteiger charge is 2.25. The summed E-state index contributed by atoms with van der Waals surface area (Å²) in [6, 6.07) is 9.88. The summed E-state index contributed by atoms with van der Waals surface area (Å²) in [5.74, 6) is 1.54. The van der Waals surface area contributed by atoms with Gasteiger partial charge in [0, 0.05) is 25.6 Å². The molecule has 124 valence electrons. The van der Waals surface area contributed by atoms with Crippen LogP contribution in [0, 0.1) is 5.92 Å². The first-order valence-electron chi connectivity index (χ1n) is 7.88. The third-order valence-corrected chi connectivity index (χ3v) is 4.10. The van der Waals surface area contributed by atoms with Gasteiger partial charge >= 0.3 is 0 Å². The van der Waals surface area contributed by atoms with Crippen LogP contribution < -0.4 is 10.5 Å². The average Bonchev–Trinajstić information content (AvgIpc) is 2.52. The topological polar surface area (TPSA) is 55.6 Å². The number of para-hydroxylation sites is 1. The van der Waals surface area contributed by atoms with Gasteiger partial charge in [-0.05, 0) is 44.2 Å². The highest BCUT2D eigenvalue weighted by molar-refractivity contribution is 5.85.